The summed E-state index contributed by atoms with van der Waals surface area (Å²) in [7, 11) is 0. The molecule has 0 unspecified atom stereocenters. The highest BCUT2D eigenvalue weighted by molar-refractivity contribution is 5.88. The Kier molecular flexibility index (Phi) is 1.67. The van der Waals surface area contributed by atoms with Gasteiger partial charge in [0.15, 0.2) is 0 Å². The first-order chi connectivity index (χ1) is 4.74. The van der Waals surface area contributed by atoms with Crippen LogP contribution in [-0.4, -0.2) is 15.7 Å². The largest absolute Gasteiger partial charge is 0.270 e. The maximum Gasteiger partial charge on any atom is 0.270 e. The molecule has 0 saturated carbocycles. The number of hydrogen-bond donors (Lipinski definition) is 0. The molecular formula is C7H8N2O. The van der Waals surface area contributed by atoms with Gasteiger partial charge in [-0.3, -0.25) is 4.79 Å². The van der Waals surface area contributed by atoms with Crippen LogP contribution in [0.15, 0.2) is 24.9 Å². The van der Waals surface area contributed by atoms with Crippen LogP contribution >= 0.6 is 0 Å². The molecule has 0 saturated heterocycles. The molecule has 0 N–H and O–H groups in total. The molecule has 0 fully saturated rings. The number of aromatic nitrogens is 2. The normalized spacial score (nSPS) is 9.30. The van der Waals surface area contributed by atoms with Crippen LogP contribution in [0.4, 0.5) is 0 Å². The fourth-order valence-electron chi connectivity index (χ4n) is 0.631. The van der Waals surface area contributed by atoms with Crippen LogP contribution < -0.4 is 0 Å². The molecule has 0 aliphatic carbocycles. The van der Waals surface area contributed by atoms with Gasteiger partial charge in [0.2, 0.25) is 0 Å². The number of rotatable bonds is 1. The van der Waals surface area contributed by atoms with E-state index >= 15 is 0 Å². The van der Waals surface area contributed by atoms with Crippen LogP contribution in [0.3, 0.4) is 0 Å². The molecule has 1 aromatic rings. The van der Waals surface area contributed by atoms with Gasteiger partial charge in [-0.2, -0.15) is 5.10 Å². The van der Waals surface area contributed by atoms with E-state index in [-0.39, 0.29) is 5.91 Å². The average molecular weight is 136 g/mol. The van der Waals surface area contributed by atoms with E-state index in [1.165, 1.54) is 10.8 Å². The van der Waals surface area contributed by atoms with Crippen molar-refractivity contribution in [1.82, 2.24) is 9.78 Å². The quantitative estimate of drug-likeness (QED) is 0.540. The molecule has 0 aliphatic heterocycles. The van der Waals surface area contributed by atoms with Gasteiger partial charge in [0.1, 0.15) is 0 Å². The molecule has 1 heterocycles. The van der Waals surface area contributed by atoms with E-state index in [0.717, 1.165) is 5.69 Å². The summed E-state index contributed by atoms with van der Waals surface area (Å²) in [5.41, 5.74) is 0.829. The van der Waals surface area contributed by atoms with Crippen molar-refractivity contribution in [3.8, 4) is 0 Å². The zero-order chi connectivity index (χ0) is 7.56. The van der Waals surface area contributed by atoms with Crippen LogP contribution in [0.2, 0.25) is 0 Å². The maximum absolute atomic E-state index is 10.8. The van der Waals surface area contributed by atoms with Crippen LogP contribution in [0.1, 0.15) is 10.5 Å². The maximum atomic E-state index is 10.8. The third kappa shape index (κ3) is 1.13. The molecule has 3 nitrogen and oxygen atoms in total. The molecule has 1 aromatic heterocycles. The van der Waals surface area contributed by atoms with Crippen molar-refractivity contribution in [3.63, 3.8) is 0 Å². The minimum absolute atomic E-state index is 0.201. The monoisotopic (exact) mass is 136 g/mol. The second kappa shape index (κ2) is 2.47. The van der Waals surface area contributed by atoms with Crippen molar-refractivity contribution >= 4 is 5.91 Å². The lowest BCUT2D eigenvalue weighted by atomic mass is 10.5. The first kappa shape index (κ1) is 6.74. The van der Waals surface area contributed by atoms with Crippen LogP contribution in [0.25, 0.3) is 0 Å². The van der Waals surface area contributed by atoms with Gasteiger partial charge in [0.05, 0.1) is 5.69 Å². The van der Waals surface area contributed by atoms with Gasteiger partial charge in [-0.15, -0.1) is 0 Å². The molecular weight excluding hydrogens is 128 g/mol. The van der Waals surface area contributed by atoms with E-state index in [1.807, 2.05) is 6.92 Å². The summed E-state index contributed by atoms with van der Waals surface area (Å²) in [6.07, 6.45) is 2.84. The summed E-state index contributed by atoms with van der Waals surface area (Å²) in [6, 6.07) is 1.77. The highest BCUT2D eigenvalue weighted by Gasteiger charge is 1.98. The molecule has 10 heavy (non-hydrogen) atoms. The standard InChI is InChI=1S/C7H8N2O/c1-3-7(10)9-5-4-6(2)8-9/h3-5H,1H2,2H3. The summed E-state index contributed by atoms with van der Waals surface area (Å²) in [5, 5.41) is 3.88. The fraction of sp³-hybridized carbons (Fsp3) is 0.143. The summed E-state index contributed by atoms with van der Waals surface area (Å²) >= 11 is 0. The molecule has 1 rings (SSSR count). The second-order valence-electron chi connectivity index (χ2n) is 1.94. The molecule has 0 amide bonds. The van der Waals surface area contributed by atoms with Crippen LogP contribution in [0, 0.1) is 6.92 Å². The minimum atomic E-state index is -0.201. The van der Waals surface area contributed by atoms with E-state index in [1.54, 1.807) is 12.3 Å². The smallest absolute Gasteiger partial charge is 0.267 e. The van der Waals surface area contributed by atoms with Crippen molar-refractivity contribution in [2.45, 2.75) is 6.92 Å². The first-order valence-corrected chi connectivity index (χ1v) is 2.93. The van der Waals surface area contributed by atoms with Gasteiger partial charge in [0, 0.05) is 6.20 Å². The Morgan fingerprint density at radius 1 is 1.90 bits per heavy atom. The third-order valence-electron chi connectivity index (χ3n) is 1.12. The highest BCUT2D eigenvalue weighted by atomic mass is 16.2. The first-order valence-electron chi connectivity index (χ1n) is 2.93. The molecule has 0 atom stereocenters. The predicted molar refractivity (Wildman–Crippen MR) is 37.8 cm³/mol. The molecule has 0 radical (unpaired) electrons. The summed E-state index contributed by atoms with van der Waals surface area (Å²) in [5.74, 6) is -0.201. The van der Waals surface area contributed by atoms with Crippen molar-refractivity contribution in [3.05, 3.63) is 30.6 Å². The zero-order valence-electron chi connectivity index (χ0n) is 5.74. The average Bonchev–Trinajstić information content (AvgIpc) is 2.34. The van der Waals surface area contributed by atoms with E-state index in [2.05, 4.69) is 11.7 Å². The summed E-state index contributed by atoms with van der Waals surface area (Å²) in [4.78, 5) is 10.8. The van der Waals surface area contributed by atoms with Gasteiger partial charge in [-0.05, 0) is 19.1 Å². The second-order valence-corrected chi connectivity index (χ2v) is 1.94. The molecule has 0 aliphatic rings. The Hall–Kier alpha value is -1.38. The topological polar surface area (TPSA) is 34.9 Å². The Labute approximate surface area is 59.0 Å². The van der Waals surface area contributed by atoms with Crippen molar-refractivity contribution in [2.24, 2.45) is 0 Å². The lowest BCUT2D eigenvalue weighted by Crippen LogP contribution is -2.06. The van der Waals surface area contributed by atoms with Gasteiger partial charge in [0.25, 0.3) is 5.91 Å². The number of hydrogen-bond acceptors (Lipinski definition) is 2. The Bertz CT molecular complexity index is 262. The Morgan fingerprint density at radius 2 is 2.60 bits per heavy atom. The fourth-order valence-corrected chi connectivity index (χ4v) is 0.631. The van der Waals surface area contributed by atoms with E-state index in [0.29, 0.717) is 0 Å². The zero-order valence-corrected chi connectivity index (χ0v) is 5.74. The SMILES string of the molecule is C=CC(=O)n1ccc(C)n1. The summed E-state index contributed by atoms with van der Waals surface area (Å²) in [6.45, 7) is 5.16. The predicted octanol–water partition coefficient (Wildman–Crippen LogP) is 1.02. The molecule has 52 valence electrons. The number of carbonyl (C=O) groups excluding carboxylic acids is 1. The van der Waals surface area contributed by atoms with E-state index in [4.69, 9.17) is 0 Å². The lowest BCUT2D eigenvalue weighted by Gasteiger charge is -1.89. The third-order valence-corrected chi connectivity index (χ3v) is 1.12. The number of carbonyl (C=O) groups is 1. The van der Waals surface area contributed by atoms with Gasteiger partial charge in [-0.25, -0.2) is 4.68 Å². The Balaban J connectivity index is 2.95. The van der Waals surface area contributed by atoms with Crippen molar-refractivity contribution in [2.75, 3.05) is 0 Å². The van der Waals surface area contributed by atoms with Crippen LogP contribution in [-0.2, 0) is 0 Å². The Morgan fingerprint density at radius 3 is 3.00 bits per heavy atom. The molecule has 3 heteroatoms. The molecule has 0 bridgehead atoms. The van der Waals surface area contributed by atoms with Crippen molar-refractivity contribution in [1.29, 1.82) is 0 Å². The van der Waals surface area contributed by atoms with Gasteiger partial charge >= 0.3 is 0 Å². The highest BCUT2D eigenvalue weighted by Crippen LogP contribution is 1.91. The lowest BCUT2D eigenvalue weighted by molar-refractivity contribution is 0.0954. The molecule has 0 aromatic carbocycles. The van der Waals surface area contributed by atoms with Gasteiger partial charge in [-0.1, -0.05) is 6.58 Å². The van der Waals surface area contributed by atoms with E-state index < -0.39 is 0 Å². The van der Waals surface area contributed by atoms with Crippen molar-refractivity contribution < 1.29 is 4.79 Å². The van der Waals surface area contributed by atoms with E-state index in [9.17, 15) is 4.79 Å². The summed E-state index contributed by atoms with van der Waals surface area (Å²) < 4.78 is 1.25. The number of allylic oxidation sites excluding steroid dienone is 1. The van der Waals surface area contributed by atoms with Gasteiger partial charge < -0.3 is 0 Å². The van der Waals surface area contributed by atoms with Crippen LogP contribution in [0.5, 0.6) is 0 Å². The molecule has 0 spiro atoms. The minimum Gasteiger partial charge on any atom is -0.267 e. The number of aryl methyl sites for hydroxylation is 1. The number of nitrogens with zero attached hydrogens (tertiary/aromatic N) is 2.